The Morgan fingerprint density at radius 1 is 0.548 bits per heavy atom. The van der Waals surface area contributed by atoms with Gasteiger partial charge < -0.3 is 14.2 Å². The SMILES string of the molecule is CC(C)(C)CC(C)(C)OOC(=O)OCCOCCOC(=O)OOC(C)(C)CC(C)(C)C. The summed E-state index contributed by atoms with van der Waals surface area (Å²) in [5, 5.41) is 0. The van der Waals surface area contributed by atoms with Gasteiger partial charge in [0.2, 0.25) is 0 Å². The molecule has 0 spiro atoms. The molecule has 0 radical (unpaired) electrons. The van der Waals surface area contributed by atoms with E-state index in [2.05, 4.69) is 51.3 Å². The number of rotatable bonds is 12. The first-order valence-corrected chi connectivity index (χ1v) is 10.5. The lowest BCUT2D eigenvalue weighted by Gasteiger charge is -2.30. The minimum absolute atomic E-state index is 0.0217. The third-order valence-electron chi connectivity index (χ3n) is 3.48. The van der Waals surface area contributed by atoms with Crippen LogP contribution in [0.3, 0.4) is 0 Å². The standard InChI is InChI=1S/C22H42O9/c1-19(2,3)15-21(7,8)30-28-17(23)26-13-11-25-12-14-27-18(24)29-31-22(9,10)16-20(4,5)6/h11-16H2,1-10H3. The first kappa shape index (κ1) is 29.4. The van der Waals surface area contributed by atoms with Gasteiger partial charge in [0, 0.05) is 0 Å². The monoisotopic (exact) mass is 450 g/mol. The number of carbonyl (C=O) groups is 2. The normalized spacial score (nSPS) is 13.0. The molecule has 9 heteroatoms. The lowest BCUT2D eigenvalue weighted by atomic mass is 9.84. The number of hydrogen-bond acceptors (Lipinski definition) is 9. The fourth-order valence-corrected chi connectivity index (χ4v) is 3.42. The van der Waals surface area contributed by atoms with Crippen molar-refractivity contribution >= 4 is 12.3 Å². The zero-order valence-corrected chi connectivity index (χ0v) is 20.9. The summed E-state index contributed by atoms with van der Waals surface area (Å²) in [7, 11) is 0. The maximum atomic E-state index is 11.5. The summed E-state index contributed by atoms with van der Waals surface area (Å²) in [4.78, 5) is 42.8. The lowest BCUT2D eigenvalue weighted by molar-refractivity contribution is -0.323. The summed E-state index contributed by atoms with van der Waals surface area (Å²) in [5.41, 5.74) is -1.22. The van der Waals surface area contributed by atoms with E-state index in [1.165, 1.54) is 0 Å². The van der Waals surface area contributed by atoms with E-state index in [4.69, 9.17) is 24.0 Å². The average Bonchev–Trinajstić information content (AvgIpc) is 2.53. The molecule has 0 N–H and O–H groups in total. The van der Waals surface area contributed by atoms with Crippen molar-refractivity contribution in [2.45, 2.75) is 93.3 Å². The first-order valence-electron chi connectivity index (χ1n) is 10.5. The minimum atomic E-state index is -0.944. The molecule has 31 heavy (non-hydrogen) atoms. The van der Waals surface area contributed by atoms with E-state index in [1.54, 1.807) is 0 Å². The molecule has 0 aromatic heterocycles. The highest BCUT2D eigenvalue weighted by molar-refractivity contribution is 5.59. The van der Waals surface area contributed by atoms with Crippen LogP contribution in [0.1, 0.15) is 82.1 Å². The summed E-state index contributed by atoms with van der Waals surface area (Å²) < 4.78 is 14.9. The predicted molar refractivity (Wildman–Crippen MR) is 114 cm³/mol. The quantitative estimate of drug-likeness (QED) is 0.163. The van der Waals surface area contributed by atoms with Crippen molar-refractivity contribution in [2.75, 3.05) is 26.4 Å². The summed E-state index contributed by atoms with van der Waals surface area (Å²) in [6.45, 7) is 19.9. The molecule has 0 heterocycles. The fourth-order valence-electron chi connectivity index (χ4n) is 3.42. The first-order chi connectivity index (χ1) is 13.9. The van der Waals surface area contributed by atoms with Crippen LogP contribution in [0.4, 0.5) is 9.59 Å². The molecule has 0 saturated carbocycles. The van der Waals surface area contributed by atoms with Crippen molar-refractivity contribution in [3.8, 4) is 0 Å². The van der Waals surface area contributed by atoms with Crippen molar-refractivity contribution in [1.82, 2.24) is 0 Å². The Bertz CT molecular complexity index is 494. The molecule has 0 aromatic carbocycles. The van der Waals surface area contributed by atoms with Crippen LogP contribution in [-0.2, 0) is 33.8 Å². The number of hydrogen-bond donors (Lipinski definition) is 0. The molecule has 0 aromatic rings. The molecule has 0 unspecified atom stereocenters. The van der Waals surface area contributed by atoms with Crippen LogP contribution in [0.15, 0.2) is 0 Å². The Balaban J connectivity index is 3.81. The second-order valence-electron chi connectivity index (χ2n) is 11.1. The second kappa shape index (κ2) is 12.5. The van der Waals surface area contributed by atoms with Gasteiger partial charge in [0.05, 0.1) is 13.2 Å². The molecule has 0 amide bonds. The zero-order valence-electron chi connectivity index (χ0n) is 20.9. The van der Waals surface area contributed by atoms with Crippen molar-refractivity contribution in [1.29, 1.82) is 0 Å². The van der Waals surface area contributed by atoms with E-state index >= 15 is 0 Å². The van der Waals surface area contributed by atoms with Crippen LogP contribution in [0.5, 0.6) is 0 Å². The van der Waals surface area contributed by atoms with Crippen LogP contribution in [0.2, 0.25) is 0 Å². The van der Waals surface area contributed by atoms with Gasteiger partial charge in [0.15, 0.2) is 0 Å². The molecule has 0 atom stereocenters. The van der Waals surface area contributed by atoms with Gasteiger partial charge in [-0.05, 0) is 51.4 Å². The summed E-state index contributed by atoms with van der Waals surface area (Å²) in [5.74, 6) is 0. The Labute approximate surface area is 186 Å². The van der Waals surface area contributed by atoms with Crippen molar-refractivity contribution in [3.63, 3.8) is 0 Å². The van der Waals surface area contributed by atoms with Crippen molar-refractivity contribution < 1.29 is 43.3 Å². The van der Waals surface area contributed by atoms with E-state index < -0.39 is 23.5 Å². The highest BCUT2D eigenvalue weighted by Gasteiger charge is 2.30. The van der Waals surface area contributed by atoms with E-state index in [0.29, 0.717) is 12.8 Å². The van der Waals surface area contributed by atoms with Crippen molar-refractivity contribution in [2.24, 2.45) is 10.8 Å². The van der Waals surface area contributed by atoms with Crippen LogP contribution in [0, 0.1) is 10.8 Å². The van der Waals surface area contributed by atoms with Gasteiger partial charge in [0.25, 0.3) is 0 Å². The van der Waals surface area contributed by atoms with Crippen LogP contribution >= 0.6 is 0 Å². The van der Waals surface area contributed by atoms with Gasteiger partial charge in [-0.15, -0.1) is 0 Å². The average molecular weight is 451 g/mol. The van der Waals surface area contributed by atoms with Gasteiger partial charge in [-0.2, -0.15) is 9.78 Å². The van der Waals surface area contributed by atoms with Gasteiger partial charge in [-0.25, -0.2) is 9.59 Å². The predicted octanol–water partition coefficient (Wildman–Crippen LogP) is 5.60. The molecule has 0 aliphatic carbocycles. The maximum absolute atomic E-state index is 11.5. The molecule has 9 nitrogen and oxygen atoms in total. The Kier molecular flexibility index (Phi) is 11.8. The summed E-state index contributed by atoms with van der Waals surface area (Å²) in [6.07, 6.45) is -0.503. The summed E-state index contributed by atoms with van der Waals surface area (Å²) >= 11 is 0. The Morgan fingerprint density at radius 3 is 1.16 bits per heavy atom. The Hall–Kier alpha value is -1.58. The second-order valence-corrected chi connectivity index (χ2v) is 11.1. The summed E-state index contributed by atoms with van der Waals surface area (Å²) in [6, 6.07) is 0. The lowest BCUT2D eigenvalue weighted by Crippen LogP contribution is -2.31. The molecular formula is C22H42O9. The smallest absolute Gasteiger partial charge is 0.430 e. The Morgan fingerprint density at radius 2 is 0.871 bits per heavy atom. The van der Waals surface area contributed by atoms with E-state index in [1.807, 2.05) is 27.7 Å². The van der Waals surface area contributed by atoms with Gasteiger partial charge in [-0.3, -0.25) is 9.78 Å². The third-order valence-corrected chi connectivity index (χ3v) is 3.48. The van der Waals surface area contributed by atoms with E-state index in [0.717, 1.165) is 0 Å². The highest BCUT2D eigenvalue weighted by Crippen LogP contribution is 2.30. The van der Waals surface area contributed by atoms with Gasteiger partial charge in [0.1, 0.15) is 24.4 Å². The third kappa shape index (κ3) is 18.9. The molecular weight excluding hydrogens is 408 g/mol. The molecule has 0 aliphatic heterocycles. The van der Waals surface area contributed by atoms with E-state index in [9.17, 15) is 9.59 Å². The molecule has 184 valence electrons. The maximum Gasteiger partial charge on any atom is 0.540 e. The molecule has 0 bridgehead atoms. The minimum Gasteiger partial charge on any atom is -0.430 e. The van der Waals surface area contributed by atoms with Crippen LogP contribution in [-0.4, -0.2) is 49.9 Å². The number of carbonyl (C=O) groups excluding carboxylic acids is 2. The highest BCUT2D eigenvalue weighted by atomic mass is 17.2. The van der Waals surface area contributed by atoms with Gasteiger partial charge >= 0.3 is 12.3 Å². The molecule has 0 saturated heterocycles. The topological polar surface area (TPSA) is 98.8 Å². The zero-order chi connectivity index (χ0) is 24.3. The molecule has 0 rings (SSSR count). The van der Waals surface area contributed by atoms with Crippen molar-refractivity contribution in [3.05, 3.63) is 0 Å². The van der Waals surface area contributed by atoms with E-state index in [-0.39, 0.29) is 37.3 Å². The van der Waals surface area contributed by atoms with Crippen LogP contribution in [0.25, 0.3) is 0 Å². The largest absolute Gasteiger partial charge is 0.540 e. The fraction of sp³-hybridized carbons (Fsp3) is 0.909. The molecule has 0 fully saturated rings. The van der Waals surface area contributed by atoms with Gasteiger partial charge in [-0.1, -0.05) is 41.5 Å². The van der Waals surface area contributed by atoms with Crippen LogP contribution < -0.4 is 0 Å². The molecule has 0 aliphatic rings. The number of ether oxygens (including phenoxy) is 3.